The van der Waals surface area contributed by atoms with Crippen LogP contribution in [0.15, 0.2) is 50.1 Å². The van der Waals surface area contributed by atoms with Gasteiger partial charge >= 0.3 is 0 Å². The summed E-state index contributed by atoms with van der Waals surface area (Å²) >= 11 is 1.76. The molecule has 0 unspecified atom stereocenters. The van der Waals surface area contributed by atoms with Gasteiger partial charge in [0.05, 0.1) is 10.2 Å². The molecule has 0 spiro atoms. The van der Waals surface area contributed by atoms with E-state index in [1.807, 2.05) is 25.2 Å². The van der Waals surface area contributed by atoms with E-state index in [2.05, 4.69) is 61.1 Å². The number of nitrogens with one attached hydrogen (secondary N) is 1. The summed E-state index contributed by atoms with van der Waals surface area (Å²) in [5.74, 6) is 0. The highest BCUT2D eigenvalue weighted by Crippen LogP contribution is 2.41. The molecule has 0 aliphatic rings. The minimum Gasteiger partial charge on any atom is -0.353 e. The first-order valence-electron chi connectivity index (χ1n) is 8.27. The van der Waals surface area contributed by atoms with Crippen molar-refractivity contribution in [3.05, 3.63) is 71.6 Å². The average molecular weight is 341 g/mol. The fourth-order valence-electron chi connectivity index (χ4n) is 3.60. The van der Waals surface area contributed by atoms with Gasteiger partial charge in [-0.1, -0.05) is 68.3 Å². The lowest BCUT2D eigenvalue weighted by Crippen LogP contribution is -1.82. The van der Waals surface area contributed by atoms with Crippen LogP contribution in [-0.2, 0) is 0 Å². The van der Waals surface area contributed by atoms with E-state index in [0.29, 0.717) is 0 Å². The molecule has 0 bridgehead atoms. The van der Waals surface area contributed by atoms with Crippen LogP contribution in [-0.4, -0.2) is 4.98 Å². The fourth-order valence-corrected chi connectivity index (χ4v) is 4.76. The van der Waals surface area contributed by atoms with Crippen molar-refractivity contribution in [1.82, 2.24) is 4.98 Å². The van der Waals surface area contributed by atoms with Gasteiger partial charge in [0.1, 0.15) is 0 Å². The van der Waals surface area contributed by atoms with E-state index in [9.17, 15) is 0 Å². The Labute approximate surface area is 151 Å². The molecule has 0 fully saturated rings. The number of thiophene rings is 1. The molecule has 2 heteroatoms. The summed E-state index contributed by atoms with van der Waals surface area (Å²) in [7, 11) is 0. The third-order valence-corrected chi connectivity index (χ3v) is 5.91. The molecule has 0 aliphatic heterocycles. The van der Waals surface area contributed by atoms with E-state index in [1.165, 1.54) is 37.5 Å². The van der Waals surface area contributed by atoms with Crippen LogP contribution in [0.1, 0.15) is 28.5 Å². The molecule has 1 N–H and O–H groups in total. The second-order valence-electron chi connectivity index (χ2n) is 5.97. The quantitative estimate of drug-likeness (QED) is 0.395. The van der Waals surface area contributed by atoms with Gasteiger partial charge in [-0.3, -0.25) is 0 Å². The fraction of sp³-hybridized carbons (Fsp3) is 0.0435. The highest BCUT2D eigenvalue weighted by molar-refractivity contribution is 7.21. The van der Waals surface area contributed by atoms with Crippen LogP contribution >= 0.6 is 11.3 Å². The Morgan fingerprint density at radius 3 is 2.36 bits per heavy atom. The van der Waals surface area contributed by atoms with Gasteiger partial charge in [0, 0.05) is 26.6 Å². The van der Waals surface area contributed by atoms with Crippen molar-refractivity contribution in [3.8, 4) is 0 Å². The predicted octanol–water partition coefficient (Wildman–Crippen LogP) is 7.50. The van der Waals surface area contributed by atoms with Crippen LogP contribution < -0.4 is 0 Å². The first-order valence-corrected chi connectivity index (χ1v) is 9.09. The average Bonchev–Trinajstić information content (AvgIpc) is 3.19. The van der Waals surface area contributed by atoms with Crippen molar-refractivity contribution in [2.24, 2.45) is 0 Å². The van der Waals surface area contributed by atoms with Crippen LogP contribution in [0.3, 0.4) is 0 Å². The normalized spacial score (nSPS) is 11.7. The van der Waals surface area contributed by atoms with Gasteiger partial charge in [-0.25, -0.2) is 0 Å². The highest BCUT2D eigenvalue weighted by Gasteiger charge is 2.15. The molecule has 0 saturated heterocycles. The molecule has 0 saturated carbocycles. The molecule has 4 aromatic rings. The molecule has 4 rings (SSSR count). The van der Waals surface area contributed by atoms with Crippen molar-refractivity contribution in [2.75, 3.05) is 0 Å². The van der Waals surface area contributed by atoms with Crippen LogP contribution in [0, 0.1) is 0 Å². The Morgan fingerprint density at radius 1 is 0.920 bits per heavy atom. The summed E-state index contributed by atoms with van der Waals surface area (Å²) < 4.78 is 1.25. The zero-order chi connectivity index (χ0) is 17.6. The number of hydrogen-bond acceptors (Lipinski definition) is 1. The smallest absolute Gasteiger partial charge is 0.0646 e. The van der Waals surface area contributed by atoms with Crippen LogP contribution in [0.4, 0.5) is 0 Å². The minimum absolute atomic E-state index is 1.14. The Morgan fingerprint density at radius 2 is 1.68 bits per heavy atom. The molecule has 0 atom stereocenters. The molecular weight excluding hydrogens is 322 g/mol. The third-order valence-electron chi connectivity index (χ3n) is 4.67. The predicted molar refractivity (Wildman–Crippen MR) is 116 cm³/mol. The number of rotatable bonds is 4. The first kappa shape index (κ1) is 15.7. The summed E-state index contributed by atoms with van der Waals surface area (Å²) in [5, 5.41) is 3.69. The van der Waals surface area contributed by atoms with Crippen molar-refractivity contribution in [2.45, 2.75) is 6.92 Å². The van der Waals surface area contributed by atoms with Gasteiger partial charge in [-0.15, -0.1) is 11.3 Å². The zero-order valence-corrected chi connectivity index (χ0v) is 15.0. The number of allylic oxidation sites excluding steroid dienone is 1. The first-order chi connectivity index (χ1) is 12.2. The molecule has 0 amide bonds. The van der Waals surface area contributed by atoms with E-state index >= 15 is 0 Å². The summed E-state index contributed by atoms with van der Waals surface area (Å²) in [6.45, 7) is 14.0. The highest BCUT2D eigenvalue weighted by atomic mass is 32.1. The summed E-state index contributed by atoms with van der Waals surface area (Å²) in [6.07, 6.45) is 9.98. The van der Waals surface area contributed by atoms with Crippen LogP contribution in [0.2, 0.25) is 0 Å². The molecule has 2 heterocycles. The second-order valence-corrected chi connectivity index (χ2v) is 7.03. The Balaban J connectivity index is 2.21. The molecule has 2 aromatic heterocycles. The minimum atomic E-state index is 1.14. The Hall–Kier alpha value is -2.84. The van der Waals surface area contributed by atoms with Gasteiger partial charge in [0.15, 0.2) is 0 Å². The van der Waals surface area contributed by atoms with E-state index < -0.39 is 0 Å². The topological polar surface area (TPSA) is 15.8 Å². The van der Waals surface area contributed by atoms with Crippen molar-refractivity contribution >= 4 is 67.5 Å². The molecule has 2 aromatic carbocycles. The monoisotopic (exact) mass is 341 g/mol. The number of hydrogen-bond donors (Lipinski definition) is 1. The number of benzene rings is 2. The standard InChI is InChI=1S/C23H19NS/c1-5-9-14-10-13-19-21(15(14)6-2)18-12-11-17-16(7-3)20(8-4)25-23(17)22(18)24-19/h5-13,24H,2-4H2,1H3/b9-5-. The maximum atomic E-state index is 4.05. The molecular formula is C23H19NS. The number of fused-ring (bicyclic) bond motifs is 5. The van der Waals surface area contributed by atoms with Crippen molar-refractivity contribution < 1.29 is 0 Å². The lowest BCUT2D eigenvalue weighted by atomic mass is 9.99. The van der Waals surface area contributed by atoms with E-state index in [-0.39, 0.29) is 0 Å². The molecule has 0 aliphatic carbocycles. The maximum absolute atomic E-state index is 4.05. The molecule has 1 nitrogen and oxygen atoms in total. The summed E-state index contributed by atoms with van der Waals surface area (Å²) in [5.41, 5.74) is 5.84. The lowest BCUT2D eigenvalue weighted by Gasteiger charge is -2.04. The van der Waals surface area contributed by atoms with E-state index in [4.69, 9.17) is 0 Å². The number of aromatic nitrogens is 1. The van der Waals surface area contributed by atoms with E-state index in [1.54, 1.807) is 11.3 Å². The van der Waals surface area contributed by atoms with Gasteiger partial charge in [0.25, 0.3) is 0 Å². The zero-order valence-electron chi connectivity index (χ0n) is 14.2. The Bertz CT molecular complexity index is 1200. The second kappa shape index (κ2) is 5.91. The van der Waals surface area contributed by atoms with Gasteiger partial charge in [-0.05, 0) is 29.7 Å². The number of aromatic amines is 1. The SMILES string of the molecule is C=Cc1sc2c(ccc3c2[nH]c2ccc(/C=C\C)c(C=C)c23)c1C=C. The maximum Gasteiger partial charge on any atom is 0.0646 e. The van der Waals surface area contributed by atoms with Gasteiger partial charge in [0.2, 0.25) is 0 Å². The largest absolute Gasteiger partial charge is 0.353 e. The van der Waals surface area contributed by atoms with Crippen molar-refractivity contribution in [3.63, 3.8) is 0 Å². The van der Waals surface area contributed by atoms with Gasteiger partial charge < -0.3 is 4.98 Å². The van der Waals surface area contributed by atoms with Crippen LogP contribution in [0.5, 0.6) is 0 Å². The Kier molecular flexibility index (Phi) is 3.70. The summed E-state index contributed by atoms with van der Waals surface area (Å²) in [6, 6.07) is 8.70. The van der Waals surface area contributed by atoms with Gasteiger partial charge in [-0.2, -0.15) is 0 Å². The molecule has 25 heavy (non-hydrogen) atoms. The number of H-pyrrole nitrogens is 1. The summed E-state index contributed by atoms with van der Waals surface area (Å²) in [4.78, 5) is 4.79. The molecule has 122 valence electrons. The third kappa shape index (κ3) is 2.15. The molecule has 0 radical (unpaired) electrons. The lowest BCUT2D eigenvalue weighted by molar-refractivity contribution is 1.56. The van der Waals surface area contributed by atoms with Crippen molar-refractivity contribution in [1.29, 1.82) is 0 Å². The van der Waals surface area contributed by atoms with E-state index in [0.717, 1.165) is 16.0 Å². The van der Waals surface area contributed by atoms with Crippen LogP contribution in [0.25, 0.3) is 56.2 Å².